The molecule has 0 aromatic heterocycles. The van der Waals surface area contributed by atoms with E-state index in [0.717, 1.165) is 5.56 Å². The van der Waals surface area contributed by atoms with Crippen LogP contribution < -0.4 is 5.73 Å². The fourth-order valence-electron chi connectivity index (χ4n) is 1.35. The summed E-state index contributed by atoms with van der Waals surface area (Å²) in [5.74, 6) is -1.03. The smallest absolute Gasteiger partial charge is 0.325 e. The summed E-state index contributed by atoms with van der Waals surface area (Å²) in [5, 5.41) is 8.76. The number of carboxylic acid groups (broad SMARTS) is 1. The standard InChI is InChI=1S/C12H17NO3/c1-12(2,16-3)9-6-4-8(5-7-9)10(13)11(14)15/h4-7,10H,13H2,1-3H3,(H,14,15). The third kappa shape index (κ3) is 2.59. The summed E-state index contributed by atoms with van der Waals surface area (Å²) in [6.45, 7) is 3.89. The van der Waals surface area contributed by atoms with Crippen LogP contribution in [0.2, 0.25) is 0 Å². The number of carbonyl (C=O) groups is 1. The molecule has 1 aromatic carbocycles. The van der Waals surface area contributed by atoms with E-state index in [9.17, 15) is 4.79 Å². The van der Waals surface area contributed by atoms with E-state index in [-0.39, 0.29) is 5.60 Å². The van der Waals surface area contributed by atoms with Crippen molar-refractivity contribution in [2.24, 2.45) is 5.73 Å². The Morgan fingerprint density at radius 2 is 1.88 bits per heavy atom. The maximum atomic E-state index is 10.7. The summed E-state index contributed by atoms with van der Waals surface area (Å²) in [6, 6.07) is 6.13. The van der Waals surface area contributed by atoms with E-state index in [1.807, 2.05) is 26.0 Å². The Morgan fingerprint density at radius 1 is 1.38 bits per heavy atom. The highest BCUT2D eigenvalue weighted by atomic mass is 16.5. The fourth-order valence-corrected chi connectivity index (χ4v) is 1.35. The molecule has 0 saturated heterocycles. The van der Waals surface area contributed by atoms with Crippen molar-refractivity contribution in [1.82, 2.24) is 0 Å². The zero-order chi connectivity index (χ0) is 12.3. The van der Waals surface area contributed by atoms with E-state index in [4.69, 9.17) is 15.6 Å². The summed E-state index contributed by atoms with van der Waals surface area (Å²) in [5.41, 5.74) is 6.68. The molecule has 0 spiro atoms. The van der Waals surface area contributed by atoms with Crippen LogP contribution in [0.4, 0.5) is 0 Å². The van der Waals surface area contributed by atoms with Crippen LogP contribution in [-0.2, 0) is 15.1 Å². The Hall–Kier alpha value is -1.39. The van der Waals surface area contributed by atoms with Gasteiger partial charge in [0.05, 0.1) is 5.60 Å². The van der Waals surface area contributed by atoms with Crippen molar-refractivity contribution in [1.29, 1.82) is 0 Å². The third-order valence-electron chi connectivity index (χ3n) is 2.74. The van der Waals surface area contributed by atoms with Gasteiger partial charge in [0, 0.05) is 7.11 Å². The number of aliphatic carboxylic acids is 1. The number of carboxylic acids is 1. The van der Waals surface area contributed by atoms with Gasteiger partial charge in [-0.2, -0.15) is 0 Å². The van der Waals surface area contributed by atoms with Crippen molar-refractivity contribution in [3.63, 3.8) is 0 Å². The van der Waals surface area contributed by atoms with Crippen molar-refractivity contribution < 1.29 is 14.6 Å². The molecule has 0 heterocycles. The van der Waals surface area contributed by atoms with E-state index in [2.05, 4.69) is 0 Å². The SMILES string of the molecule is COC(C)(C)c1ccc(C(N)C(=O)O)cc1. The number of hydrogen-bond acceptors (Lipinski definition) is 3. The third-order valence-corrected chi connectivity index (χ3v) is 2.74. The molecule has 4 heteroatoms. The van der Waals surface area contributed by atoms with Gasteiger partial charge in [0.15, 0.2) is 0 Å². The van der Waals surface area contributed by atoms with Crippen LogP contribution in [0.3, 0.4) is 0 Å². The second kappa shape index (κ2) is 4.63. The average molecular weight is 223 g/mol. The highest BCUT2D eigenvalue weighted by Crippen LogP contribution is 2.24. The van der Waals surface area contributed by atoms with Gasteiger partial charge >= 0.3 is 5.97 Å². The molecule has 16 heavy (non-hydrogen) atoms. The Morgan fingerprint density at radius 3 is 2.25 bits per heavy atom. The molecule has 1 atom stereocenters. The highest BCUT2D eigenvalue weighted by Gasteiger charge is 2.20. The molecule has 0 amide bonds. The maximum Gasteiger partial charge on any atom is 0.325 e. The molecule has 0 aliphatic heterocycles. The Bertz CT molecular complexity index is 370. The van der Waals surface area contributed by atoms with E-state index in [1.54, 1.807) is 19.2 Å². The lowest BCUT2D eigenvalue weighted by Crippen LogP contribution is -2.22. The Labute approximate surface area is 95.0 Å². The Balaban J connectivity index is 2.96. The van der Waals surface area contributed by atoms with Gasteiger partial charge in [-0.15, -0.1) is 0 Å². The quantitative estimate of drug-likeness (QED) is 0.814. The molecule has 4 nitrogen and oxygen atoms in total. The lowest BCUT2D eigenvalue weighted by Gasteiger charge is -2.23. The number of methoxy groups -OCH3 is 1. The lowest BCUT2D eigenvalue weighted by atomic mass is 9.95. The van der Waals surface area contributed by atoms with Crippen molar-refractivity contribution in [3.8, 4) is 0 Å². The van der Waals surface area contributed by atoms with Gasteiger partial charge in [-0.25, -0.2) is 0 Å². The molecule has 1 unspecified atom stereocenters. The van der Waals surface area contributed by atoms with Crippen molar-refractivity contribution in [2.45, 2.75) is 25.5 Å². The first-order valence-corrected chi connectivity index (χ1v) is 5.02. The highest BCUT2D eigenvalue weighted by molar-refractivity contribution is 5.75. The van der Waals surface area contributed by atoms with Gasteiger partial charge in [-0.3, -0.25) is 4.79 Å². The summed E-state index contributed by atoms with van der Waals surface area (Å²) in [7, 11) is 1.64. The van der Waals surface area contributed by atoms with Crippen molar-refractivity contribution in [2.75, 3.05) is 7.11 Å². The van der Waals surface area contributed by atoms with E-state index in [1.165, 1.54) is 0 Å². The average Bonchev–Trinajstić information content (AvgIpc) is 2.28. The molecule has 1 aromatic rings. The summed E-state index contributed by atoms with van der Waals surface area (Å²) < 4.78 is 5.32. The first kappa shape index (κ1) is 12.7. The summed E-state index contributed by atoms with van der Waals surface area (Å²) in [6.07, 6.45) is 0. The van der Waals surface area contributed by atoms with Crippen molar-refractivity contribution >= 4 is 5.97 Å². The van der Waals surface area contributed by atoms with Crippen LogP contribution in [0.5, 0.6) is 0 Å². The molecule has 88 valence electrons. The topological polar surface area (TPSA) is 72.5 Å². The van der Waals surface area contributed by atoms with Crippen LogP contribution in [-0.4, -0.2) is 18.2 Å². The number of rotatable bonds is 4. The number of ether oxygens (including phenoxy) is 1. The van der Waals surface area contributed by atoms with Crippen LogP contribution in [0.15, 0.2) is 24.3 Å². The van der Waals surface area contributed by atoms with Gasteiger partial charge in [0.25, 0.3) is 0 Å². The predicted octanol–water partition coefficient (Wildman–Crippen LogP) is 1.65. The molecule has 0 bridgehead atoms. The van der Waals surface area contributed by atoms with Crippen LogP contribution in [0.25, 0.3) is 0 Å². The van der Waals surface area contributed by atoms with Crippen LogP contribution >= 0.6 is 0 Å². The van der Waals surface area contributed by atoms with Crippen LogP contribution in [0.1, 0.15) is 31.0 Å². The number of hydrogen-bond donors (Lipinski definition) is 2. The lowest BCUT2D eigenvalue weighted by molar-refractivity contribution is -0.138. The second-order valence-corrected chi connectivity index (χ2v) is 4.15. The van der Waals surface area contributed by atoms with Gasteiger partial charge in [-0.05, 0) is 25.0 Å². The van der Waals surface area contributed by atoms with Crippen LogP contribution in [0, 0.1) is 0 Å². The predicted molar refractivity (Wildman–Crippen MR) is 61.0 cm³/mol. The van der Waals surface area contributed by atoms with Gasteiger partial charge in [0.1, 0.15) is 6.04 Å². The molecule has 0 fully saturated rings. The molecule has 0 radical (unpaired) electrons. The minimum absolute atomic E-state index is 0.383. The van der Waals surface area contributed by atoms with Crippen molar-refractivity contribution in [3.05, 3.63) is 35.4 Å². The molecular formula is C12H17NO3. The fraction of sp³-hybridized carbons (Fsp3) is 0.417. The zero-order valence-corrected chi connectivity index (χ0v) is 9.73. The summed E-state index contributed by atoms with van der Waals surface area (Å²) >= 11 is 0. The molecule has 1 rings (SSSR count). The molecule has 3 N–H and O–H groups in total. The normalized spacial score (nSPS) is 13.5. The molecular weight excluding hydrogens is 206 g/mol. The second-order valence-electron chi connectivity index (χ2n) is 4.15. The molecule has 0 aliphatic carbocycles. The molecule has 0 saturated carbocycles. The first-order chi connectivity index (χ1) is 7.38. The summed E-state index contributed by atoms with van der Waals surface area (Å²) in [4.78, 5) is 10.7. The zero-order valence-electron chi connectivity index (χ0n) is 9.73. The molecule has 0 aliphatic rings. The first-order valence-electron chi connectivity index (χ1n) is 5.02. The number of nitrogens with two attached hydrogens (primary N) is 1. The largest absolute Gasteiger partial charge is 0.480 e. The maximum absolute atomic E-state index is 10.7. The van der Waals surface area contributed by atoms with Gasteiger partial charge in [-0.1, -0.05) is 24.3 Å². The van der Waals surface area contributed by atoms with E-state index >= 15 is 0 Å². The van der Waals surface area contributed by atoms with Gasteiger partial charge in [0.2, 0.25) is 0 Å². The minimum atomic E-state index is -1.03. The van der Waals surface area contributed by atoms with E-state index in [0.29, 0.717) is 5.56 Å². The minimum Gasteiger partial charge on any atom is -0.480 e. The van der Waals surface area contributed by atoms with E-state index < -0.39 is 12.0 Å². The van der Waals surface area contributed by atoms with Gasteiger partial charge < -0.3 is 15.6 Å². The number of benzene rings is 1. The Kier molecular flexibility index (Phi) is 3.67. The monoisotopic (exact) mass is 223 g/mol.